The molecule has 15 heteroatoms. The number of nitrogens with one attached hydrogen (secondary N) is 2. The lowest BCUT2D eigenvalue weighted by Crippen LogP contribution is -2.42. The normalized spacial score (nSPS) is 13.2. The van der Waals surface area contributed by atoms with Crippen molar-refractivity contribution in [3.8, 4) is 34.4 Å². The molecule has 5 N–H and O–H groups in total. The van der Waals surface area contributed by atoms with Gasteiger partial charge in [0.1, 0.15) is 34.9 Å². The third-order valence-electron chi connectivity index (χ3n) is 8.82. The summed E-state index contributed by atoms with van der Waals surface area (Å²) in [4.78, 5) is 26.5. The molecule has 14 nitrogen and oxygen atoms in total. The van der Waals surface area contributed by atoms with Crippen molar-refractivity contribution >= 4 is 35.3 Å². The summed E-state index contributed by atoms with van der Waals surface area (Å²) in [7, 11) is 0. The number of pyridine rings is 1. The van der Waals surface area contributed by atoms with Gasteiger partial charge in [-0.2, -0.15) is 10.5 Å². The molecule has 0 aliphatic carbocycles. The standard InChI is InChI=1S/C38H36FN9O3.CH2O2/c1-38(2,50)23-48-34-11-10-26(18-33(34)44-46-48)31-22-43-37(30(20-41)36(31)27-8-9-28(19-40)32(39)17-27)47-15-13-29(14-16-47)42-21-25-5-3-24(4-6-25)7-12-35(49)45-51;2-1-3/h3-12,17-18,22,29,42,50-51H,13-16,21,23H2,1-2H3,(H,45,49);1H,(H,2,3)/b12-7+;. The number of hydrogen-bond donors (Lipinski definition) is 5. The Morgan fingerprint density at radius 3 is 2.39 bits per heavy atom. The van der Waals surface area contributed by atoms with Gasteiger partial charge in [0.2, 0.25) is 0 Å². The minimum atomic E-state index is -0.993. The summed E-state index contributed by atoms with van der Waals surface area (Å²) < 4.78 is 16.7. The topological polar surface area (TPSA) is 213 Å². The zero-order valence-corrected chi connectivity index (χ0v) is 29.6. The molecule has 5 aromatic rings. The van der Waals surface area contributed by atoms with Crippen molar-refractivity contribution in [1.82, 2.24) is 30.8 Å². The largest absolute Gasteiger partial charge is 0.483 e. The maximum Gasteiger partial charge on any atom is 0.290 e. The Kier molecular flexibility index (Phi) is 12.4. The van der Waals surface area contributed by atoms with Crippen LogP contribution in [0.3, 0.4) is 0 Å². The van der Waals surface area contributed by atoms with Gasteiger partial charge in [-0.25, -0.2) is 19.5 Å². The van der Waals surface area contributed by atoms with Crippen LogP contribution in [-0.2, 0) is 22.7 Å². The van der Waals surface area contributed by atoms with Gasteiger partial charge in [0.05, 0.1) is 23.2 Å². The molecule has 3 heterocycles. The van der Waals surface area contributed by atoms with E-state index in [-0.39, 0.29) is 24.6 Å². The number of hydrogen-bond acceptors (Lipinski definition) is 11. The molecule has 1 amide bonds. The first-order valence-electron chi connectivity index (χ1n) is 16.9. The molecular weight excluding hydrogens is 693 g/mol. The Labute approximate surface area is 310 Å². The fourth-order valence-electron chi connectivity index (χ4n) is 6.26. The summed E-state index contributed by atoms with van der Waals surface area (Å²) in [6, 6.07) is 22.1. The molecule has 276 valence electrons. The molecule has 0 radical (unpaired) electrons. The van der Waals surface area contributed by atoms with Gasteiger partial charge in [-0.05, 0) is 79.3 Å². The second-order valence-electron chi connectivity index (χ2n) is 13.2. The zero-order chi connectivity index (χ0) is 38.8. The summed E-state index contributed by atoms with van der Waals surface area (Å²) in [5.41, 5.74) is 6.29. The SMILES string of the molecule is CC(C)(O)Cn1nnc2cc(-c3cnc(N4CCC(NCc5ccc(/C=C/C(=O)NO)cc5)CC4)c(C#N)c3-c3ccc(C#N)c(F)c3)ccc21.O=CO. The molecule has 0 spiro atoms. The summed E-state index contributed by atoms with van der Waals surface area (Å²) >= 11 is 0. The molecule has 0 saturated carbocycles. The predicted molar refractivity (Wildman–Crippen MR) is 198 cm³/mol. The number of carbonyl (C=O) groups excluding carboxylic acids is 1. The second-order valence-corrected chi connectivity index (χ2v) is 13.2. The van der Waals surface area contributed by atoms with E-state index in [0.717, 1.165) is 29.5 Å². The smallest absolute Gasteiger partial charge is 0.290 e. The number of fused-ring (bicyclic) bond motifs is 1. The van der Waals surface area contributed by atoms with E-state index in [9.17, 15) is 20.4 Å². The van der Waals surface area contributed by atoms with Crippen LogP contribution in [0.2, 0.25) is 0 Å². The fraction of sp³-hybridized carbons (Fsp3) is 0.256. The first kappa shape index (κ1) is 38.7. The Bertz CT molecular complexity index is 2240. The van der Waals surface area contributed by atoms with Gasteiger partial charge in [-0.1, -0.05) is 41.6 Å². The van der Waals surface area contributed by atoms with E-state index in [0.29, 0.717) is 58.8 Å². The maximum atomic E-state index is 15.0. The Morgan fingerprint density at radius 1 is 1.06 bits per heavy atom. The van der Waals surface area contributed by atoms with Crippen molar-refractivity contribution in [1.29, 1.82) is 10.5 Å². The van der Waals surface area contributed by atoms with Crippen molar-refractivity contribution in [2.45, 2.75) is 51.4 Å². The van der Waals surface area contributed by atoms with Crippen LogP contribution in [0.25, 0.3) is 39.4 Å². The number of hydroxylamine groups is 1. The number of benzene rings is 3. The van der Waals surface area contributed by atoms with Crippen LogP contribution in [0, 0.1) is 28.5 Å². The van der Waals surface area contributed by atoms with E-state index < -0.39 is 17.3 Å². The molecular formula is C39H38FN9O5. The molecule has 1 fully saturated rings. The van der Waals surface area contributed by atoms with Crippen LogP contribution >= 0.6 is 0 Å². The Morgan fingerprint density at radius 2 is 1.76 bits per heavy atom. The lowest BCUT2D eigenvalue weighted by Gasteiger charge is -2.34. The Balaban J connectivity index is 0.00000181. The van der Waals surface area contributed by atoms with Crippen LogP contribution in [0.5, 0.6) is 0 Å². The zero-order valence-electron chi connectivity index (χ0n) is 29.6. The van der Waals surface area contributed by atoms with E-state index in [2.05, 4.69) is 26.6 Å². The van der Waals surface area contributed by atoms with Crippen LogP contribution in [-0.4, -0.2) is 72.5 Å². The van der Waals surface area contributed by atoms with Crippen molar-refractivity contribution < 1.29 is 29.4 Å². The number of anilines is 1. The summed E-state index contributed by atoms with van der Waals surface area (Å²) in [6.07, 6.45) is 6.18. The Hall–Kier alpha value is -6.52. The van der Waals surface area contributed by atoms with Crippen LogP contribution in [0.15, 0.2) is 72.9 Å². The van der Waals surface area contributed by atoms with E-state index in [4.69, 9.17) is 20.1 Å². The number of amides is 1. The number of carboxylic acid groups (broad SMARTS) is 1. The lowest BCUT2D eigenvalue weighted by atomic mass is 9.91. The third-order valence-corrected chi connectivity index (χ3v) is 8.82. The van der Waals surface area contributed by atoms with E-state index in [1.807, 2.05) is 48.5 Å². The summed E-state index contributed by atoms with van der Waals surface area (Å²) in [5, 5.41) is 58.0. The van der Waals surface area contributed by atoms with Crippen molar-refractivity contribution in [3.05, 3.63) is 101 Å². The molecule has 0 bridgehead atoms. The van der Waals surface area contributed by atoms with Crippen LogP contribution < -0.4 is 15.7 Å². The minimum Gasteiger partial charge on any atom is -0.483 e. The highest BCUT2D eigenvalue weighted by molar-refractivity contribution is 5.93. The summed E-state index contributed by atoms with van der Waals surface area (Å²) in [5.74, 6) is -0.765. The van der Waals surface area contributed by atoms with Gasteiger partial charge in [-0.3, -0.25) is 14.8 Å². The average Bonchev–Trinajstić information content (AvgIpc) is 3.56. The number of aliphatic hydroxyl groups is 1. The molecule has 1 aliphatic rings. The maximum absolute atomic E-state index is 15.0. The first-order valence-corrected chi connectivity index (χ1v) is 16.9. The number of halogens is 1. The van der Waals surface area contributed by atoms with Crippen LogP contribution in [0.1, 0.15) is 48.9 Å². The average molecular weight is 732 g/mol. The number of aromatic nitrogens is 4. The highest BCUT2D eigenvalue weighted by atomic mass is 19.1. The molecule has 0 unspecified atom stereocenters. The highest BCUT2D eigenvalue weighted by Gasteiger charge is 2.26. The quantitative estimate of drug-likeness (QED) is 0.0568. The number of nitrogens with zero attached hydrogens (tertiary/aromatic N) is 7. The highest BCUT2D eigenvalue weighted by Crippen LogP contribution is 2.40. The van der Waals surface area contributed by atoms with Crippen LogP contribution in [0.4, 0.5) is 10.2 Å². The van der Waals surface area contributed by atoms with Gasteiger partial charge in [0.15, 0.2) is 0 Å². The van der Waals surface area contributed by atoms with Crippen molar-refractivity contribution in [2.24, 2.45) is 0 Å². The third kappa shape index (κ3) is 9.28. The van der Waals surface area contributed by atoms with Gasteiger partial charge in [0, 0.05) is 49.1 Å². The molecule has 1 saturated heterocycles. The number of carbonyl (C=O) groups is 2. The van der Waals surface area contributed by atoms with Gasteiger partial charge < -0.3 is 20.4 Å². The van der Waals surface area contributed by atoms with Gasteiger partial charge in [0.25, 0.3) is 12.4 Å². The van der Waals surface area contributed by atoms with E-state index in [1.54, 1.807) is 42.3 Å². The molecule has 2 aromatic heterocycles. The van der Waals surface area contributed by atoms with Crippen molar-refractivity contribution in [3.63, 3.8) is 0 Å². The molecule has 3 aromatic carbocycles. The second kappa shape index (κ2) is 17.3. The fourth-order valence-corrected chi connectivity index (χ4v) is 6.26. The molecule has 1 aliphatic heterocycles. The summed E-state index contributed by atoms with van der Waals surface area (Å²) in [6.45, 7) is 5.34. The van der Waals surface area contributed by atoms with Crippen molar-refractivity contribution in [2.75, 3.05) is 18.0 Å². The number of piperidine rings is 1. The van der Waals surface area contributed by atoms with Gasteiger partial charge in [-0.15, -0.1) is 5.10 Å². The molecule has 6 rings (SSSR count). The molecule has 54 heavy (non-hydrogen) atoms. The van der Waals surface area contributed by atoms with E-state index in [1.165, 1.54) is 18.2 Å². The lowest BCUT2D eigenvalue weighted by molar-refractivity contribution is -0.124. The number of rotatable bonds is 10. The van der Waals surface area contributed by atoms with Gasteiger partial charge >= 0.3 is 0 Å². The number of nitriles is 2. The first-order chi connectivity index (χ1) is 26.0. The van der Waals surface area contributed by atoms with E-state index >= 15 is 4.39 Å². The predicted octanol–water partition coefficient (Wildman–Crippen LogP) is 4.79. The molecule has 0 atom stereocenters. The minimum absolute atomic E-state index is 0.0904. The monoisotopic (exact) mass is 731 g/mol.